The molecular weight excluding hydrogens is 642 g/mol. The quantitative estimate of drug-likeness (QED) is 0.121. The van der Waals surface area contributed by atoms with Gasteiger partial charge in [-0.2, -0.15) is 5.26 Å². The van der Waals surface area contributed by atoms with Crippen LogP contribution in [0.15, 0.2) is 91.1 Å². The highest BCUT2D eigenvalue weighted by Crippen LogP contribution is 2.44. The number of carboxylic acids is 1. The second-order valence-corrected chi connectivity index (χ2v) is 11.2. The highest BCUT2D eigenvalue weighted by Gasteiger charge is 2.29. The molecule has 1 aliphatic carbocycles. The number of amides is 1. The molecule has 1 aliphatic rings. The summed E-state index contributed by atoms with van der Waals surface area (Å²) in [6.45, 7) is 3.24. The van der Waals surface area contributed by atoms with Gasteiger partial charge < -0.3 is 38.8 Å². The van der Waals surface area contributed by atoms with E-state index in [0.717, 1.165) is 27.8 Å². The highest BCUT2D eigenvalue weighted by atomic mass is 16.6. The molecule has 0 saturated heterocycles. The van der Waals surface area contributed by atoms with Crippen molar-refractivity contribution in [2.24, 2.45) is 0 Å². The first-order chi connectivity index (χ1) is 24.5. The average molecular weight is 682 g/mol. The number of pyridine rings is 1. The number of benzene rings is 3. The summed E-state index contributed by atoms with van der Waals surface area (Å²) in [5.41, 5.74) is 5.44. The number of carbonyl (C=O) groups is 2. The van der Waals surface area contributed by atoms with Crippen molar-refractivity contribution in [2.75, 3.05) is 59.5 Å². The van der Waals surface area contributed by atoms with E-state index in [-0.39, 0.29) is 18.9 Å². The molecule has 50 heavy (non-hydrogen) atoms. The molecule has 2 N–H and O–H groups in total. The Morgan fingerprint density at radius 1 is 0.740 bits per heavy atom. The van der Waals surface area contributed by atoms with Gasteiger partial charge in [0.25, 0.3) is 0 Å². The number of carboxylic acid groups (broad SMARTS) is 1. The lowest BCUT2D eigenvalue weighted by Crippen LogP contribution is -2.42. The summed E-state index contributed by atoms with van der Waals surface area (Å²) < 4.78 is 33.2. The number of ether oxygens (including phenoxy) is 6. The Morgan fingerprint density at radius 3 is 1.82 bits per heavy atom. The molecule has 4 aromatic rings. The molecule has 1 amide bonds. The molecule has 260 valence electrons. The first-order valence-electron chi connectivity index (χ1n) is 16.3. The number of aliphatic carboxylic acids is 1. The van der Waals surface area contributed by atoms with E-state index in [1.54, 1.807) is 36.4 Å². The molecule has 0 radical (unpaired) electrons. The van der Waals surface area contributed by atoms with E-state index < -0.39 is 18.1 Å². The molecule has 1 aromatic heterocycles. The van der Waals surface area contributed by atoms with Crippen LogP contribution in [0.3, 0.4) is 0 Å². The average Bonchev–Trinajstić information content (AvgIpc) is 3.46. The van der Waals surface area contributed by atoms with Crippen LogP contribution in [0.1, 0.15) is 28.3 Å². The monoisotopic (exact) mass is 681 g/mol. The lowest BCUT2D eigenvalue weighted by molar-refractivity contribution is -0.139. The van der Waals surface area contributed by atoms with Gasteiger partial charge >= 0.3 is 12.1 Å². The lowest BCUT2D eigenvalue weighted by Gasteiger charge is -2.17. The van der Waals surface area contributed by atoms with Crippen LogP contribution in [0.5, 0.6) is 11.5 Å². The molecular formula is C38H39N3O9. The summed E-state index contributed by atoms with van der Waals surface area (Å²) in [6.07, 6.45) is 0.802. The molecule has 5 rings (SSSR count). The van der Waals surface area contributed by atoms with E-state index in [9.17, 15) is 14.7 Å². The number of nitrogens with one attached hydrogen (secondary N) is 1. The fourth-order valence-electron chi connectivity index (χ4n) is 5.45. The van der Waals surface area contributed by atoms with Crippen LogP contribution >= 0.6 is 0 Å². The Balaban J connectivity index is 0.913. The zero-order valence-electron chi connectivity index (χ0n) is 27.5. The molecule has 12 nitrogen and oxygen atoms in total. The molecule has 0 aliphatic heterocycles. The maximum Gasteiger partial charge on any atom is 0.407 e. The van der Waals surface area contributed by atoms with Gasteiger partial charge in [0.1, 0.15) is 49.1 Å². The summed E-state index contributed by atoms with van der Waals surface area (Å²) in [5, 5.41) is 21.0. The van der Waals surface area contributed by atoms with Gasteiger partial charge in [-0.05, 0) is 52.1 Å². The number of hydrogen-bond donors (Lipinski definition) is 2. The molecule has 3 aromatic carbocycles. The highest BCUT2D eigenvalue weighted by molar-refractivity contribution is 5.81. The van der Waals surface area contributed by atoms with Crippen LogP contribution < -0.4 is 14.8 Å². The largest absolute Gasteiger partial charge is 0.491 e. The van der Waals surface area contributed by atoms with Gasteiger partial charge in [0.05, 0.1) is 45.8 Å². The van der Waals surface area contributed by atoms with Crippen LogP contribution in [0.2, 0.25) is 0 Å². The minimum absolute atomic E-state index is 0.0814. The van der Waals surface area contributed by atoms with E-state index >= 15 is 0 Å². The molecule has 1 atom stereocenters. The Bertz CT molecular complexity index is 1680. The molecule has 0 fully saturated rings. The van der Waals surface area contributed by atoms with Gasteiger partial charge in [0.15, 0.2) is 0 Å². The van der Waals surface area contributed by atoms with E-state index in [0.29, 0.717) is 70.0 Å². The van der Waals surface area contributed by atoms with E-state index in [2.05, 4.69) is 22.4 Å². The SMILES string of the molecule is N#Cc1ccc(OCCOCCOCCOCCOc2ccc(C[C@H](NC(=O)OCC3c4ccccc4-c4ccccc43)C(=O)O)cc2)cn1. The molecule has 0 saturated carbocycles. The number of nitrogens with zero attached hydrogens (tertiary/aromatic N) is 2. The van der Waals surface area contributed by atoms with Crippen molar-refractivity contribution in [3.05, 3.63) is 114 Å². The van der Waals surface area contributed by atoms with Crippen molar-refractivity contribution >= 4 is 12.1 Å². The third kappa shape index (κ3) is 10.5. The smallest absolute Gasteiger partial charge is 0.407 e. The van der Waals surface area contributed by atoms with Gasteiger partial charge in [-0.25, -0.2) is 14.6 Å². The van der Waals surface area contributed by atoms with Crippen LogP contribution in [0.25, 0.3) is 11.1 Å². The number of fused-ring (bicyclic) bond motifs is 3. The van der Waals surface area contributed by atoms with Crippen molar-refractivity contribution in [1.82, 2.24) is 10.3 Å². The van der Waals surface area contributed by atoms with Crippen LogP contribution in [0, 0.1) is 11.3 Å². The van der Waals surface area contributed by atoms with Crippen molar-refractivity contribution in [2.45, 2.75) is 18.4 Å². The number of hydrogen-bond acceptors (Lipinski definition) is 10. The minimum atomic E-state index is -1.16. The molecule has 0 spiro atoms. The maximum atomic E-state index is 12.7. The van der Waals surface area contributed by atoms with Crippen molar-refractivity contribution < 1.29 is 43.1 Å². The lowest BCUT2D eigenvalue weighted by atomic mass is 9.98. The standard InChI is InChI=1S/C38H39N3O9/c39-24-28-11-14-30(25-40-28)49-22-20-47-18-16-45-15-17-46-19-21-48-29-12-9-27(10-13-29)23-36(37(42)43)41-38(44)50-26-35-33-7-3-1-5-31(33)32-6-2-4-8-34(32)35/h1-14,25,35-36H,15-23,26H2,(H,41,44)(H,42,43)/t36-/m0/s1. The number of alkyl carbamates (subject to hydrolysis) is 1. The third-order valence-corrected chi connectivity index (χ3v) is 7.88. The topological polar surface area (TPSA) is 158 Å². The molecule has 0 unspecified atom stereocenters. The molecule has 0 bridgehead atoms. The third-order valence-electron chi connectivity index (χ3n) is 7.88. The predicted molar refractivity (Wildman–Crippen MR) is 182 cm³/mol. The van der Waals surface area contributed by atoms with Crippen LogP contribution in [0.4, 0.5) is 4.79 Å². The summed E-state index contributed by atoms with van der Waals surface area (Å²) in [6, 6.07) is 27.1. The first kappa shape index (κ1) is 35.8. The Labute approximate surface area is 290 Å². The van der Waals surface area contributed by atoms with Gasteiger partial charge in [0.2, 0.25) is 0 Å². The number of rotatable bonds is 20. The van der Waals surface area contributed by atoms with E-state index in [1.165, 1.54) is 6.20 Å². The van der Waals surface area contributed by atoms with E-state index in [1.807, 2.05) is 42.5 Å². The van der Waals surface area contributed by atoms with Gasteiger partial charge in [-0.3, -0.25) is 0 Å². The zero-order valence-corrected chi connectivity index (χ0v) is 27.5. The summed E-state index contributed by atoms with van der Waals surface area (Å²) >= 11 is 0. The zero-order chi connectivity index (χ0) is 35.0. The summed E-state index contributed by atoms with van der Waals surface area (Å²) in [4.78, 5) is 28.6. The fraction of sp³-hybridized carbons (Fsp3) is 0.316. The number of carbonyl (C=O) groups excluding carboxylic acids is 1. The van der Waals surface area contributed by atoms with Gasteiger partial charge in [-0.1, -0.05) is 60.7 Å². The van der Waals surface area contributed by atoms with Gasteiger partial charge in [0, 0.05) is 12.3 Å². The first-order valence-corrected chi connectivity index (χ1v) is 16.3. The Hall–Kier alpha value is -5.48. The van der Waals surface area contributed by atoms with Crippen molar-refractivity contribution in [3.8, 4) is 28.7 Å². The summed E-state index contributed by atoms with van der Waals surface area (Å²) in [7, 11) is 0. The maximum absolute atomic E-state index is 12.7. The van der Waals surface area contributed by atoms with E-state index in [4.69, 9.17) is 33.7 Å². The second-order valence-electron chi connectivity index (χ2n) is 11.2. The normalized spacial score (nSPS) is 12.3. The van der Waals surface area contributed by atoms with Crippen LogP contribution in [-0.2, 0) is 30.2 Å². The van der Waals surface area contributed by atoms with Crippen molar-refractivity contribution in [3.63, 3.8) is 0 Å². The van der Waals surface area contributed by atoms with Crippen LogP contribution in [-0.4, -0.2) is 87.7 Å². The molecule has 1 heterocycles. The second kappa shape index (κ2) is 18.9. The predicted octanol–water partition coefficient (Wildman–Crippen LogP) is 5.00. The fourth-order valence-corrected chi connectivity index (χ4v) is 5.45. The Kier molecular flexibility index (Phi) is 13.5. The van der Waals surface area contributed by atoms with Crippen molar-refractivity contribution in [1.29, 1.82) is 5.26 Å². The number of aromatic nitrogens is 1. The Morgan fingerprint density at radius 2 is 1.28 bits per heavy atom. The summed E-state index contributed by atoms with van der Waals surface area (Å²) in [5.74, 6) is -0.0852. The number of nitriles is 1. The molecule has 12 heteroatoms. The minimum Gasteiger partial charge on any atom is -0.491 e. The van der Waals surface area contributed by atoms with Gasteiger partial charge in [-0.15, -0.1) is 0 Å².